The number of carbonyl (C=O) groups excluding carboxylic acids is 1. The maximum Gasteiger partial charge on any atom is 0.416 e. The van der Waals surface area contributed by atoms with Crippen LogP contribution in [0.2, 0.25) is 0 Å². The molecule has 0 N–H and O–H groups in total. The Balaban J connectivity index is 2.10. The lowest BCUT2D eigenvalue weighted by atomic mass is 10.1. The van der Waals surface area contributed by atoms with Crippen molar-refractivity contribution in [2.45, 2.75) is 25.7 Å². The number of aromatic nitrogens is 2. The van der Waals surface area contributed by atoms with Gasteiger partial charge in [-0.05, 0) is 37.3 Å². The van der Waals surface area contributed by atoms with Crippen molar-refractivity contribution in [1.82, 2.24) is 14.5 Å². The van der Waals surface area contributed by atoms with E-state index in [1.165, 1.54) is 35.8 Å². The van der Waals surface area contributed by atoms with E-state index in [1.54, 1.807) is 31.2 Å². The van der Waals surface area contributed by atoms with Gasteiger partial charge >= 0.3 is 6.18 Å². The Kier molecular flexibility index (Phi) is 8.06. The van der Waals surface area contributed by atoms with Crippen molar-refractivity contribution in [2.75, 3.05) is 34.0 Å². The van der Waals surface area contributed by atoms with Gasteiger partial charge in [0, 0.05) is 26.3 Å². The number of halogens is 3. The first-order chi connectivity index (χ1) is 16.2. The molecule has 1 unspecified atom stereocenters. The number of amides is 1. The lowest BCUT2D eigenvalue weighted by Gasteiger charge is -2.30. The van der Waals surface area contributed by atoms with Gasteiger partial charge in [-0.15, -0.1) is 0 Å². The highest BCUT2D eigenvalue weighted by atomic mass is 19.4. The first kappa shape index (κ1) is 25.4. The Morgan fingerprint density at radius 3 is 2.47 bits per heavy atom. The molecule has 10 heteroatoms. The van der Waals surface area contributed by atoms with Crippen LogP contribution in [0.25, 0.3) is 10.9 Å². The maximum absolute atomic E-state index is 13.4. The fourth-order valence-electron chi connectivity index (χ4n) is 3.70. The quantitative estimate of drug-likeness (QED) is 0.467. The number of benzene rings is 2. The summed E-state index contributed by atoms with van der Waals surface area (Å²) in [6.45, 7) is 2.34. The van der Waals surface area contributed by atoms with Gasteiger partial charge in [-0.25, -0.2) is 4.98 Å². The summed E-state index contributed by atoms with van der Waals surface area (Å²) in [5.74, 6) is -0.325. The van der Waals surface area contributed by atoms with Crippen molar-refractivity contribution in [1.29, 1.82) is 0 Å². The van der Waals surface area contributed by atoms with E-state index in [4.69, 9.17) is 9.47 Å². The topological polar surface area (TPSA) is 73.7 Å². The van der Waals surface area contributed by atoms with E-state index in [0.717, 1.165) is 12.1 Å². The Labute approximate surface area is 194 Å². The number of nitrogens with zero attached hydrogens (tertiary/aromatic N) is 3. The molecule has 1 aromatic heterocycles. The SMILES string of the molecule is COCCN(C(=O)c1cccc(C(F)(F)F)c1)C(C)c1nc2ccccc2c(=O)n1CCOC. The summed E-state index contributed by atoms with van der Waals surface area (Å²) in [5, 5.41) is 0.419. The second kappa shape index (κ2) is 10.8. The van der Waals surface area contributed by atoms with Gasteiger partial charge in [0.25, 0.3) is 11.5 Å². The Hall–Kier alpha value is -3.24. The van der Waals surface area contributed by atoms with Crippen molar-refractivity contribution < 1.29 is 27.4 Å². The molecule has 1 atom stereocenters. The number of hydrogen-bond donors (Lipinski definition) is 0. The number of rotatable bonds is 9. The first-order valence-electron chi connectivity index (χ1n) is 10.6. The van der Waals surface area contributed by atoms with Gasteiger partial charge in [0.15, 0.2) is 0 Å². The summed E-state index contributed by atoms with van der Waals surface area (Å²) in [4.78, 5) is 32.6. The fraction of sp³-hybridized carbons (Fsp3) is 0.375. The van der Waals surface area contributed by atoms with Crippen molar-refractivity contribution in [2.24, 2.45) is 0 Å². The van der Waals surface area contributed by atoms with Crippen LogP contribution in [0.3, 0.4) is 0 Å². The van der Waals surface area contributed by atoms with Crippen molar-refractivity contribution in [3.8, 4) is 0 Å². The van der Waals surface area contributed by atoms with Gasteiger partial charge < -0.3 is 14.4 Å². The van der Waals surface area contributed by atoms with Gasteiger partial charge in [0.05, 0.1) is 42.3 Å². The monoisotopic (exact) mass is 477 g/mol. The van der Waals surface area contributed by atoms with Crippen LogP contribution in [0.4, 0.5) is 13.2 Å². The molecule has 0 aliphatic carbocycles. The van der Waals surface area contributed by atoms with E-state index in [0.29, 0.717) is 16.7 Å². The zero-order valence-electron chi connectivity index (χ0n) is 19.1. The Morgan fingerprint density at radius 2 is 1.79 bits per heavy atom. The summed E-state index contributed by atoms with van der Waals surface area (Å²) >= 11 is 0. The van der Waals surface area contributed by atoms with Crippen molar-refractivity contribution in [3.05, 3.63) is 75.8 Å². The van der Waals surface area contributed by atoms with Crippen LogP contribution < -0.4 is 5.56 Å². The highest BCUT2D eigenvalue weighted by molar-refractivity contribution is 5.94. The molecular formula is C24H26F3N3O4. The lowest BCUT2D eigenvalue weighted by molar-refractivity contribution is -0.137. The molecule has 0 aliphatic rings. The van der Waals surface area contributed by atoms with Crippen LogP contribution in [0.15, 0.2) is 53.3 Å². The van der Waals surface area contributed by atoms with Gasteiger partial charge in [-0.2, -0.15) is 13.2 Å². The van der Waals surface area contributed by atoms with Crippen LogP contribution in [0.5, 0.6) is 0 Å². The predicted octanol–water partition coefficient (Wildman–Crippen LogP) is 3.91. The Morgan fingerprint density at radius 1 is 1.09 bits per heavy atom. The average molecular weight is 477 g/mol. The molecule has 0 radical (unpaired) electrons. The van der Waals surface area contributed by atoms with Gasteiger partial charge in [0.1, 0.15) is 5.82 Å². The van der Waals surface area contributed by atoms with E-state index < -0.39 is 23.7 Å². The van der Waals surface area contributed by atoms with E-state index in [2.05, 4.69) is 4.98 Å². The number of methoxy groups -OCH3 is 2. The molecule has 7 nitrogen and oxygen atoms in total. The molecule has 1 heterocycles. The normalized spacial score (nSPS) is 12.6. The van der Waals surface area contributed by atoms with Gasteiger partial charge in [-0.3, -0.25) is 14.2 Å². The zero-order chi connectivity index (χ0) is 24.9. The molecule has 0 fully saturated rings. The van der Waals surface area contributed by atoms with E-state index >= 15 is 0 Å². The number of para-hydroxylation sites is 1. The smallest absolute Gasteiger partial charge is 0.383 e. The van der Waals surface area contributed by atoms with Crippen LogP contribution in [-0.2, 0) is 22.2 Å². The molecule has 182 valence electrons. The molecule has 3 aromatic rings. The number of hydrogen-bond acceptors (Lipinski definition) is 5. The molecule has 0 spiro atoms. The standard InChI is InChI=1S/C24H26F3N3O4/c1-16(21-28-20-10-5-4-9-19(20)23(32)30(21)12-14-34-3)29(11-13-33-2)22(31)17-7-6-8-18(15-17)24(25,26)27/h4-10,15-16H,11-14H2,1-3H3. The number of carbonyl (C=O) groups is 1. The van der Waals surface area contributed by atoms with E-state index in [1.807, 2.05) is 0 Å². The summed E-state index contributed by atoms with van der Waals surface area (Å²) in [7, 11) is 2.96. The molecule has 0 bridgehead atoms. The molecule has 34 heavy (non-hydrogen) atoms. The van der Waals surface area contributed by atoms with E-state index in [-0.39, 0.29) is 37.4 Å². The first-order valence-corrected chi connectivity index (χ1v) is 10.6. The van der Waals surface area contributed by atoms with E-state index in [9.17, 15) is 22.8 Å². The third-order valence-electron chi connectivity index (χ3n) is 5.49. The largest absolute Gasteiger partial charge is 0.416 e. The highest BCUT2D eigenvalue weighted by Crippen LogP contribution is 2.30. The lowest BCUT2D eigenvalue weighted by Crippen LogP contribution is -2.40. The third kappa shape index (κ3) is 5.45. The number of alkyl halides is 3. The molecule has 0 saturated carbocycles. The minimum atomic E-state index is -4.58. The fourth-order valence-corrected chi connectivity index (χ4v) is 3.70. The number of ether oxygens (including phenoxy) is 2. The molecule has 3 rings (SSSR count). The van der Waals surface area contributed by atoms with Crippen LogP contribution in [0.1, 0.15) is 34.7 Å². The molecule has 0 saturated heterocycles. The molecular weight excluding hydrogens is 451 g/mol. The molecule has 1 amide bonds. The minimum absolute atomic E-state index is 0.0831. The zero-order valence-corrected chi connectivity index (χ0v) is 19.1. The van der Waals surface area contributed by atoms with Gasteiger partial charge in [-0.1, -0.05) is 18.2 Å². The van der Waals surface area contributed by atoms with Crippen molar-refractivity contribution >= 4 is 16.8 Å². The maximum atomic E-state index is 13.4. The second-order valence-electron chi connectivity index (χ2n) is 7.68. The van der Waals surface area contributed by atoms with Crippen LogP contribution in [-0.4, -0.2) is 54.3 Å². The predicted molar refractivity (Wildman–Crippen MR) is 121 cm³/mol. The summed E-state index contributed by atoms with van der Waals surface area (Å²) in [6, 6.07) is 10.4. The number of fused-ring (bicyclic) bond motifs is 1. The molecule has 2 aromatic carbocycles. The highest BCUT2D eigenvalue weighted by Gasteiger charge is 2.32. The third-order valence-corrected chi connectivity index (χ3v) is 5.49. The molecule has 0 aliphatic heterocycles. The second-order valence-corrected chi connectivity index (χ2v) is 7.68. The van der Waals surface area contributed by atoms with Gasteiger partial charge in [0.2, 0.25) is 0 Å². The average Bonchev–Trinajstić information content (AvgIpc) is 2.83. The summed E-state index contributed by atoms with van der Waals surface area (Å²) in [5.41, 5.74) is -0.869. The minimum Gasteiger partial charge on any atom is -0.383 e. The summed E-state index contributed by atoms with van der Waals surface area (Å²) in [6.07, 6.45) is -4.58. The Bertz CT molecular complexity index is 1210. The van der Waals surface area contributed by atoms with Crippen molar-refractivity contribution in [3.63, 3.8) is 0 Å². The summed E-state index contributed by atoms with van der Waals surface area (Å²) < 4.78 is 51.4. The van der Waals surface area contributed by atoms with Crippen LogP contribution >= 0.6 is 0 Å². The van der Waals surface area contributed by atoms with Crippen LogP contribution in [0, 0.1) is 0 Å².